The normalized spacial score (nSPS) is 15.5. The van der Waals surface area contributed by atoms with Gasteiger partial charge >= 0.3 is 0 Å². The average molecular weight is 350 g/mol. The lowest BCUT2D eigenvalue weighted by molar-refractivity contribution is 0.0926. The highest BCUT2D eigenvalue weighted by Crippen LogP contribution is 2.23. The molecule has 19 heavy (non-hydrogen) atoms. The van der Waals surface area contributed by atoms with Crippen LogP contribution in [0.4, 0.5) is 0 Å². The maximum atomic E-state index is 12.2. The number of benzene rings is 1. The SMILES string of the molecule is COc1cc(Br)ccc1C(=O)NC1CCNCC1.Cl. The number of methoxy groups -OCH3 is 1. The molecule has 0 aromatic heterocycles. The second kappa shape index (κ2) is 7.72. The molecule has 1 amide bonds. The van der Waals surface area contributed by atoms with Crippen LogP contribution in [0.25, 0.3) is 0 Å². The van der Waals surface area contributed by atoms with E-state index in [1.807, 2.05) is 6.07 Å². The van der Waals surface area contributed by atoms with Gasteiger partial charge in [-0.15, -0.1) is 12.4 Å². The van der Waals surface area contributed by atoms with Crippen LogP contribution in [0.5, 0.6) is 5.75 Å². The molecule has 106 valence electrons. The number of carbonyl (C=O) groups is 1. The molecule has 1 aliphatic rings. The van der Waals surface area contributed by atoms with Crippen molar-refractivity contribution < 1.29 is 9.53 Å². The maximum absolute atomic E-state index is 12.2. The van der Waals surface area contributed by atoms with E-state index in [-0.39, 0.29) is 24.4 Å². The summed E-state index contributed by atoms with van der Waals surface area (Å²) in [5.41, 5.74) is 0.583. The van der Waals surface area contributed by atoms with Crippen molar-refractivity contribution in [2.75, 3.05) is 20.2 Å². The van der Waals surface area contributed by atoms with Gasteiger partial charge in [0.25, 0.3) is 5.91 Å². The zero-order chi connectivity index (χ0) is 13.0. The quantitative estimate of drug-likeness (QED) is 0.881. The van der Waals surface area contributed by atoms with Crippen LogP contribution in [0.2, 0.25) is 0 Å². The molecular formula is C13H18BrClN2O2. The average Bonchev–Trinajstić information content (AvgIpc) is 2.39. The van der Waals surface area contributed by atoms with Crippen molar-refractivity contribution in [1.29, 1.82) is 0 Å². The number of halogens is 2. The summed E-state index contributed by atoms with van der Waals surface area (Å²) in [4.78, 5) is 12.2. The lowest BCUT2D eigenvalue weighted by Gasteiger charge is -2.24. The Hall–Kier alpha value is -0.780. The number of amides is 1. The van der Waals surface area contributed by atoms with Gasteiger partial charge in [0.1, 0.15) is 5.75 Å². The van der Waals surface area contributed by atoms with E-state index in [1.54, 1.807) is 19.2 Å². The van der Waals surface area contributed by atoms with Gasteiger partial charge in [-0.3, -0.25) is 4.79 Å². The van der Waals surface area contributed by atoms with Crippen LogP contribution in [-0.2, 0) is 0 Å². The summed E-state index contributed by atoms with van der Waals surface area (Å²) in [6.45, 7) is 1.92. The second-order valence-corrected chi connectivity index (χ2v) is 5.26. The summed E-state index contributed by atoms with van der Waals surface area (Å²) in [6.07, 6.45) is 1.95. The molecule has 2 rings (SSSR count). The lowest BCUT2D eigenvalue weighted by Crippen LogP contribution is -2.42. The zero-order valence-electron chi connectivity index (χ0n) is 10.7. The number of carbonyl (C=O) groups excluding carboxylic acids is 1. The molecule has 0 spiro atoms. The fraction of sp³-hybridized carbons (Fsp3) is 0.462. The van der Waals surface area contributed by atoms with Crippen LogP contribution in [-0.4, -0.2) is 32.1 Å². The summed E-state index contributed by atoms with van der Waals surface area (Å²) in [7, 11) is 1.57. The third kappa shape index (κ3) is 4.37. The fourth-order valence-electron chi connectivity index (χ4n) is 2.08. The van der Waals surface area contributed by atoms with Gasteiger partial charge in [-0.1, -0.05) is 15.9 Å². The highest BCUT2D eigenvalue weighted by atomic mass is 79.9. The van der Waals surface area contributed by atoms with E-state index in [9.17, 15) is 4.79 Å². The molecule has 0 aliphatic carbocycles. The third-order valence-corrected chi connectivity index (χ3v) is 3.58. The Bertz CT molecular complexity index is 437. The first-order chi connectivity index (χ1) is 8.70. The molecule has 1 fully saturated rings. The van der Waals surface area contributed by atoms with Gasteiger partial charge in [0.2, 0.25) is 0 Å². The second-order valence-electron chi connectivity index (χ2n) is 4.34. The third-order valence-electron chi connectivity index (χ3n) is 3.08. The first-order valence-corrected chi connectivity index (χ1v) is 6.85. The van der Waals surface area contributed by atoms with Crippen LogP contribution in [0.1, 0.15) is 23.2 Å². The predicted molar refractivity (Wildman–Crippen MR) is 81.3 cm³/mol. The number of nitrogens with one attached hydrogen (secondary N) is 2. The first-order valence-electron chi connectivity index (χ1n) is 6.06. The summed E-state index contributed by atoms with van der Waals surface area (Å²) < 4.78 is 6.13. The molecule has 1 aromatic carbocycles. The summed E-state index contributed by atoms with van der Waals surface area (Å²) in [5, 5.41) is 6.33. The van der Waals surface area contributed by atoms with E-state index in [0.717, 1.165) is 30.4 Å². The Labute approximate surface area is 127 Å². The van der Waals surface area contributed by atoms with Gasteiger partial charge in [0.15, 0.2) is 0 Å². The molecule has 0 atom stereocenters. The van der Waals surface area contributed by atoms with Crippen LogP contribution in [0.15, 0.2) is 22.7 Å². The summed E-state index contributed by atoms with van der Waals surface area (Å²) in [5.74, 6) is 0.530. The van der Waals surface area contributed by atoms with Crippen LogP contribution >= 0.6 is 28.3 Å². The molecule has 0 saturated carbocycles. The molecule has 1 aliphatic heterocycles. The van der Waals surface area contributed by atoms with Gasteiger partial charge in [0, 0.05) is 10.5 Å². The van der Waals surface area contributed by atoms with E-state index in [1.165, 1.54) is 0 Å². The minimum atomic E-state index is -0.0637. The Morgan fingerprint density at radius 3 is 2.74 bits per heavy atom. The molecular weight excluding hydrogens is 332 g/mol. The van der Waals surface area contributed by atoms with Crippen LogP contribution < -0.4 is 15.4 Å². The van der Waals surface area contributed by atoms with Crippen molar-refractivity contribution >= 4 is 34.2 Å². The Morgan fingerprint density at radius 1 is 1.42 bits per heavy atom. The van der Waals surface area contributed by atoms with Gasteiger partial charge in [-0.05, 0) is 44.1 Å². The van der Waals surface area contributed by atoms with Crippen LogP contribution in [0, 0.1) is 0 Å². The van der Waals surface area contributed by atoms with Gasteiger partial charge in [-0.25, -0.2) is 0 Å². The lowest BCUT2D eigenvalue weighted by atomic mass is 10.1. The number of rotatable bonds is 3. The van der Waals surface area contributed by atoms with E-state index in [0.29, 0.717) is 11.3 Å². The van der Waals surface area contributed by atoms with Crippen molar-refractivity contribution in [2.45, 2.75) is 18.9 Å². The van der Waals surface area contributed by atoms with Gasteiger partial charge in [0.05, 0.1) is 12.7 Å². The summed E-state index contributed by atoms with van der Waals surface area (Å²) >= 11 is 3.36. The van der Waals surface area contributed by atoms with Gasteiger partial charge in [-0.2, -0.15) is 0 Å². The van der Waals surface area contributed by atoms with E-state index < -0.39 is 0 Å². The molecule has 0 radical (unpaired) electrons. The minimum absolute atomic E-state index is 0. The molecule has 4 nitrogen and oxygen atoms in total. The number of ether oxygens (including phenoxy) is 1. The molecule has 2 N–H and O–H groups in total. The number of hydrogen-bond donors (Lipinski definition) is 2. The zero-order valence-corrected chi connectivity index (χ0v) is 13.1. The number of hydrogen-bond acceptors (Lipinski definition) is 3. The Kier molecular flexibility index (Phi) is 6.62. The van der Waals surface area contributed by atoms with Gasteiger partial charge < -0.3 is 15.4 Å². The molecule has 1 heterocycles. The van der Waals surface area contributed by atoms with E-state index in [4.69, 9.17) is 4.74 Å². The van der Waals surface area contributed by atoms with Crippen molar-refractivity contribution in [2.24, 2.45) is 0 Å². The maximum Gasteiger partial charge on any atom is 0.255 e. The molecule has 0 unspecified atom stereocenters. The molecule has 1 saturated heterocycles. The summed E-state index contributed by atoms with van der Waals surface area (Å²) in [6, 6.07) is 5.68. The molecule has 1 aromatic rings. The van der Waals surface area contributed by atoms with E-state index in [2.05, 4.69) is 26.6 Å². The fourth-order valence-corrected chi connectivity index (χ4v) is 2.42. The first kappa shape index (κ1) is 16.3. The highest BCUT2D eigenvalue weighted by molar-refractivity contribution is 9.10. The molecule has 0 bridgehead atoms. The van der Waals surface area contributed by atoms with Crippen LogP contribution in [0.3, 0.4) is 0 Å². The largest absolute Gasteiger partial charge is 0.496 e. The van der Waals surface area contributed by atoms with Crippen molar-refractivity contribution in [3.8, 4) is 5.75 Å². The Morgan fingerprint density at radius 2 is 2.11 bits per heavy atom. The minimum Gasteiger partial charge on any atom is -0.496 e. The topological polar surface area (TPSA) is 50.4 Å². The smallest absolute Gasteiger partial charge is 0.255 e. The van der Waals surface area contributed by atoms with Crippen molar-refractivity contribution in [3.63, 3.8) is 0 Å². The standard InChI is InChI=1S/C13H17BrN2O2.ClH/c1-18-12-8-9(14)2-3-11(12)13(17)16-10-4-6-15-7-5-10;/h2-3,8,10,15H,4-7H2,1H3,(H,16,17);1H. The predicted octanol–water partition coefficient (Wildman–Crippen LogP) is 2.36. The van der Waals surface area contributed by atoms with Crippen molar-refractivity contribution in [1.82, 2.24) is 10.6 Å². The number of piperidine rings is 1. The Balaban J connectivity index is 0.00000180. The highest BCUT2D eigenvalue weighted by Gasteiger charge is 2.18. The monoisotopic (exact) mass is 348 g/mol. The van der Waals surface area contributed by atoms with E-state index >= 15 is 0 Å². The van der Waals surface area contributed by atoms with Crippen molar-refractivity contribution in [3.05, 3.63) is 28.2 Å². The molecule has 6 heteroatoms.